The molecule has 4 aliphatic carbocycles. The van der Waals surface area contributed by atoms with Crippen molar-refractivity contribution in [3.63, 3.8) is 0 Å². The van der Waals surface area contributed by atoms with Crippen LogP contribution in [0.25, 0.3) is 0 Å². The fraction of sp³-hybridized carbons (Fsp3) is 0.923. The maximum atomic E-state index is 12.0. The second-order valence-electron chi connectivity index (χ2n) is 11.8. The maximum absolute atomic E-state index is 12.0. The number of carbonyl (C=O) groups is 2. The lowest BCUT2D eigenvalue weighted by atomic mass is 9.44. The molecule has 0 heterocycles. The first-order valence-electron chi connectivity index (χ1n) is 12.7. The molecule has 0 saturated heterocycles. The van der Waals surface area contributed by atoms with E-state index in [4.69, 9.17) is 0 Å². The molecule has 170 valence electrons. The SMILES string of the molecule is C[C@H](CCC(=O)NCC=O)C1CCC2C3C(CCC21C)C1(C)CCCCC1C[C@@H]3O. The summed E-state index contributed by atoms with van der Waals surface area (Å²) in [5.74, 6) is 3.71. The zero-order valence-electron chi connectivity index (χ0n) is 19.4. The third kappa shape index (κ3) is 3.65. The highest BCUT2D eigenvalue weighted by atomic mass is 16.3. The number of nitrogens with one attached hydrogen (secondary N) is 1. The summed E-state index contributed by atoms with van der Waals surface area (Å²) in [5, 5.41) is 14.0. The number of aliphatic hydroxyl groups excluding tert-OH is 1. The second-order valence-corrected chi connectivity index (χ2v) is 11.8. The van der Waals surface area contributed by atoms with E-state index < -0.39 is 0 Å². The van der Waals surface area contributed by atoms with E-state index >= 15 is 0 Å². The van der Waals surface area contributed by atoms with E-state index in [-0.39, 0.29) is 18.6 Å². The van der Waals surface area contributed by atoms with Crippen LogP contribution in [0.5, 0.6) is 0 Å². The average Bonchev–Trinajstić information content (AvgIpc) is 3.08. The molecule has 4 nitrogen and oxygen atoms in total. The van der Waals surface area contributed by atoms with Gasteiger partial charge in [0, 0.05) is 6.42 Å². The average molecular weight is 418 g/mol. The van der Waals surface area contributed by atoms with Crippen LogP contribution in [0.4, 0.5) is 0 Å². The number of aliphatic hydroxyl groups is 1. The molecule has 4 rings (SSSR count). The monoisotopic (exact) mass is 417 g/mol. The predicted molar refractivity (Wildman–Crippen MR) is 119 cm³/mol. The zero-order chi connectivity index (χ0) is 21.5. The maximum Gasteiger partial charge on any atom is 0.220 e. The Morgan fingerprint density at radius 3 is 2.63 bits per heavy atom. The van der Waals surface area contributed by atoms with Gasteiger partial charge in [-0.2, -0.15) is 0 Å². The van der Waals surface area contributed by atoms with Crippen LogP contribution in [-0.4, -0.2) is 29.9 Å². The molecule has 4 fully saturated rings. The fourth-order valence-corrected chi connectivity index (χ4v) is 9.03. The Hall–Kier alpha value is -0.900. The minimum absolute atomic E-state index is 0.00340. The van der Waals surface area contributed by atoms with Crippen molar-refractivity contribution < 1.29 is 14.7 Å². The Morgan fingerprint density at radius 1 is 1.10 bits per heavy atom. The number of rotatable bonds is 6. The molecular weight excluding hydrogens is 374 g/mol. The van der Waals surface area contributed by atoms with Gasteiger partial charge in [0.05, 0.1) is 12.6 Å². The van der Waals surface area contributed by atoms with Crippen molar-refractivity contribution in [2.75, 3.05) is 6.54 Å². The Morgan fingerprint density at radius 2 is 1.87 bits per heavy atom. The molecular formula is C26H43NO3. The normalized spacial score (nSPS) is 46.3. The van der Waals surface area contributed by atoms with E-state index in [2.05, 4.69) is 26.1 Å². The molecule has 0 aromatic heterocycles. The van der Waals surface area contributed by atoms with Gasteiger partial charge < -0.3 is 15.2 Å². The van der Waals surface area contributed by atoms with Gasteiger partial charge in [-0.05, 0) is 97.7 Å². The van der Waals surface area contributed by atoms with Crippen LogP contribution >= 0.6 is 0 Å². The Kier molecular flexibility index (Phi) is 6.36. The summed E-state index contributed by atoms with van der Waals surface area (Å²) in [4.78, 5) is 22.5. The van der Waals surface area contributed by atoms with Crippen LogP contribution in [0, 0.1) is 46.3 Å². The lowest BCUT2D eigenvalue weighted by molar-refractivity contribution is -0.164. The van der Waals surface area contributed by atoms with Crippen LogP contribution in [0.3, 0.4) is 0 Å². The van der Waals surface area contributed by atoms with Gasteiger partial charge in [-0.1, -0.05) is 33.6 Å². The first kappa shape index (κ1) is 22.3. The highest BCUT2D eigenvalue weighted by Crippen LogP contribution is 2.68. The first-order valence-corrected chi connectivity index (χ1v) is 12.7. The summed E-state index contributed by atoms with van der Waals surface area (Å²) in [6.07, 6.45) is 13.6. The fourth-order valence-electron chi connectivity index (χ4n) is 9.03. The highest BCUT2D eigenvalue weighted by Gasteiger charge is 2.62. The van der Waals surface area contributed by atoms with Crippen molar-refractivity contribution in [2.24, 2.45) is 46.3 Å². The van der Waals surface area contributed by atoms with Crippen molar-refractivity contribution in [1.29, 1.82) is 0 Å². The van der Waals surface area contributed by atoms with Crippen molar-refractivity contribution in [1.82, 2.24) is 5.32 Å². The van der Waals surface area contributed by atoms with E-state index in [0.717, 1.165) is 25.0 Å². The van der Waals surface area contributed by atoms with Crippen molar-refractivity contribution in [3.8, 4) is 0 Å². The van der Waals surface area contributed by atoms with E-state index in [9.17, 15) is 14.7 Å². The molecule has 0 aromatic rings. The van der Waals surface area contributed by atoms with Gasteiger partial charge in [0.2, 0.25) is 5.91 Å². The van der Waals surface area contributed by atoms with Gasteiger partial charge in [0.1, 0.15) is 6.29 Å². The van der Waals surface area contributed by atoms with Gasteiger partial charge >= 0.3 is 0 Å². The number of carbonyl (C=O) groups excluding carboxylic acids is 2. The van der Waals surface area contributed by atoms with Gasteiger partial charge in [0.25, 0.3) is 0 Å². The number of amides is 1. The van der Waals surface area contributed by atoms with Gasteiger partial charge in [-0.3, -0.25) is 4.79 Å². The summed E-state index contributed by atoms with van der Waals surface area (Å²) in [5.41, 5.74) is 0.753. The van der Waals surface area contributed by atoms with E-state index in [1.807, 2.05) is 0 Å². The molecule has 9 atom stereocenters. The summed E-state index contributed by atoms with van der Waals surface area (Å²) in [6.45, 7) is 7.52. The van der Waals surface area contributed by atoms with Gasteiger partial charge in [-0.25, -0.2) is 0 Å². The van der Waals surface area contributed by atoms with E-state index in [1.165, 1.54) is 51.4 Å². The summed E-state index contributed by atoms with van der Waals surface area (Å²) in [7, 11) is 0. The second kappa shape index (κ2) is 8.56. The topological polar surface area (TPSA) is 66.4 Å². The molecule has 2 N–H and O–H groups in total. The highest BCUT2D eigenvalue weighted by molar-refractivity contribution is 5.78. The number of hydrogen-bond acceptors (Lipinski definition) is 3. The smallest absolute Gasteiger partial charge is 0.220 e. The van der Waals surface area contributed by atoms with Crippen LogP contribution in [0.2, 0.25) is 0 Å². The van der Waals surface area contributed by atoms with Crippen molar-refractivity contribution >= 4 is 12.2 Å². The van der Waals surface area contributed by atoms with E-state index in [1.54, 1.807) is 0 Å². The van der Waals surface area contributed by atoms with Crippen LogP contribution in [0.15, 0.2) is 0 Å². The molecule has 1 amide bonds. The molecule has 4 saturated carbocycles. The van der Waals surface area contributed by atoms with Crippen molar-refractivity contribution in [2.45, 2.75) is 97.5 Å². The first-order chi connectivity index (χ1) is 14.3. The molecule has 0 spiro atoms. The third-order valence-electron chi connectivity index (χ3n) is 10.6. The Bertz CT molecular complexity index is 650. The molecule has 0 radical (unpaired) electrons. The van der Waals surface area contributed by atoms with Gasteiger partial charge in [-0.15, -0.1) is 0 Å². The quantitative estimate of drug-likeness (QED) is 0.614. The Balaban J connectivity index is 1.46. The van der Waals surface area contributed by atoms with Crippen LogP contribution in [-0.2, 0) is 9.59 Å². The third-order valence-corrected chi connectivity index (χ3v) is 10.6. The molecule has 7 unspecified atom stereocenters. The molecule has 4 heteroatoms. The van der Waals surface area contributed by atoms with Gasteiger partial charge in [0.15, 0.2) is 0 Å². The summed E-state index contributed by atoms with van der Waals surface area (Å²) >= 11 is 0. The molecule has 0 bridgehead atoms. The minimum Gasteiger partial charge on any atom is -0.393 e. The van der Waals surface area contributed by atoms with Crippen LogP contribution in [0.1, 0.15) is 91.4 Å². The number of hydrogen-bond donors (Lipinski definition) is 2. The standard InChI is InChI=1S/C26H43NO3/c1-17(7-10-23(30)27-14-15-28)19-8-9-20-24-21(11-13-26(19,20)3)25(2)12-5-4-6-18(25)16-22(24)29/h15,17-22,24,29H,4-14,16H2,1-3H3,(H,27,30)/t17-,18?,19?,20?,21?,22+,24?,25?,26?/m1/s1. The molecule has 0 aromatic carbocycles. The van der Waals surface area contributed by atoms with E-state index in [0.29, 0.717) is 46.8 Å². The Labute approximate surface area is 183 Å². The molecule has 4 aliphatic rings. The number of fused-ring (bicyclic) bond motifs is 5. The summed E-state index contributed by atoms with van der Waals surface area (Å²) in [6, 6.07) is 0. The molecule has 0 aliphatic heterocycles. The zero-order valence-corrected chi connectivity index (χ0v) is 19.4. The van der Waals surface area contributed by atoms with Crippen molar-refractivity contribution in [3.05, 3.63) is 0 Å². The minimum atomic E-state index is -0.112. The van der Waals surface area contributed by atoms with Crippen LogP contribution < -0.4 is 5.32 Å². The predicted octanol–water partition coefficient (Wildman–Crippen LogP) is 4.74. The summed E-state index contributed by atoms with van der Waals surface area (Å²) < 4.78 is 0. The lowest BCUT2D eigenvalue weighted by Crippen LogP contribution is -2.57. The number of aldehydes is 1. The lowest BCUT2D eigenvalue weighted by Gasteiger charge is -2.62. The molecule has 30 heavy (non-hydrogen) atoms. The largest absolute Gasteiger partial charge is 0.393 e.